The molecule has 2 N–H and O–H groups in total. The Labute approximate surface area is 203 Å². The third-order valence-electron chi connectivity index (χ3n) is 6.24. The second-order valence-electron chi connectivity index (χ2n) is 8.92. The lowest BCUT2D eigenvalue weighted by Gasteiger charge is -2.35. The van der Waals surface area contributed by atoms with Gasteiger partial charge in [-0.25, -0.2) is 8.42 Å². The van der Waals surface area contributed by atoms with Crippen LogP contribution in [0.4, 0.5) is 0 Å². The molecule has 2 aromatic rings. The number of carbonyl (C=O) groups excluding carboxylic acids is 2. The van der Waals surface area contributed by atoms with Crippen LogP contribution in [-0.2, 0) is 26.0 Å². The van der Waals surface area contributed by atoms with Gasteiger partial charge in [-0.15, -0.1) is 0 Å². The quantitative estimate of drug-likeness (QED) is 0.421. The summed E-state index contributed by atoms with van der Waals surface area (Å²) in [7, 11) is -3.63. The average Bonchev–Trinajstić information content (AvgIpc) is 2.84. The molecule has 3 rings (SSSR count). The van der Waals surface area contributed by atoms with Gasteiger partial charge < -0.3 is 10.6 Å². The monoisotopic (exact) mass is 485 g/mol. The number of aryl methyl sites for hydroxylation is 3. The molecular weight excluding hydrogens is 450 g/mol. The molecule has 2 aromatic carbocycles. The first kappa shape index (κ1) is 25.9. The first-order valence-electron chi connectivity index (χ1n) is 12.0. The van der Waals surface area contributed by atoms with Crippen molar-refractivity contribution in [3.8, 4) is 0 Å². The van der Waals surface area contributed by atoms with Gasteiger partial charge in [0.05, 0.1) is 4.90 Å². The van der Waals surface area contributed by atoms with Crippen molar-refractivity contribution >= 4 is 21.8 Å². The molecule has 2 amide bonds. The van der Waals surface area contributed by atoms with Crippen LogP contribution in [0.2, 0.25) is 0 Å². The Morgan fingerprint density at radius 3 is 2.41 bits per heavy atom. The number of piperidine rings is 1. The third kappa shape index (κ3) is 6.90. The fourth-order valence-corrected chi connectivity index (χ4v) is 6.38. The molecule has 1 fully saturated rings. The summed E-state index contributed by atoms with van der Waals surface area (Å²) in [5, 5.41) is 5.30. The summed E-state index contributed by atoms with van der Waals surface area (Å²) >= 11 is 0. The Balaban J connectivity index is 1.48. The molecule has 1 aliphatic rings. The molecule has 7 nitrogen and oxygen atoms in total. The smallest absolute Gasteiger partial charge is 0.309 e. The van der Waals surface area contributed by atoms with Gasteiger partial charge in [0.2, 0.25) is 10.0 Å². The number of nitrogens with one attached hydrogen (secondary N) is 2. The summed E-state index contributed by atoms with van der Waals surface area (Å²) in [6, 6.07) is 15.2. The molecule has 0 bridgehead atoms. The molecule has 0 unspecified atom stereocenters. The first-order valence-corrected chi connectivity index (χ1v) is 13.4. The van der Waals surface area contributed by atoms with E-state index in [1.54, 1.807) is 10.4 Å². The SMILES string of the molecule is Cc1ccc(C)c(S(=O)(=O)N2CCCC[C@@H]2CCNC(=O)C(=O)NCCCc2ccccc2)c1. The molecule has 1 saturated heterocycles. The van der Waals surface area contributed by atoms with Crippen LogP contribution in [0.1, 0.15) is 48.8 Å². The van der Waals surface area contributed by atoms with Crippen molar-refractivity contribution in [1.82, 2.24) is 14.9 Å². The summed E-state index contributed by atoms with van der Waals surface area (Å²) in [5.41, 5.74) is 2.82. The van der Waals surface area contributed by atoms with E-state index in [0.717, 1.165) is 43.2 Å². The van der Waals surface area contributed by atoms with Crippen LogP contribution in [0.3, 0.4) is 0 Å². The van der Waals surface area contributed by atoms with Crippen LogP contribution in [0.15, 0.2) is 53.4 Å². The van der Waals surface area contributed by atoms with Gasteiger partial charge in [0.15, 0.2) is 0 Å². The molecule has 8 heteroatoms. The number of carbonyl (C=O) groups is 2. The molecule has 0 radical (unpaired) electrons. The molecule has 0 saturated carbocycles. The van der Waals surface area contributed by atoms with E-state index in [2.05, 4.69) is 10.6 Å². The van der Waals surface area contributed by atoms with E-state index in [1.807, 2.05) is 56.3 Å². The highest BCUT2D eigenvalue weighted by Crippen LogP contribution is 2.29. The largest absolute Gasteiger partial charge is 0.348 e. The molecular formula is C26H35N3O4S. The van der Waals surface area contributed by atoms with Gasteiger partial charge in [-0.05, 0) is 68.7 Å². The van der Waals surface area contributed by atoms with Crippen molar-refractivity contribution in [2.75, 3.05) is 19.6 Å². The van der Waals surface area contributed by atoms with Crippen LogP contribution >= 0.6 is 0 Å². The summed E-state index contributed by atoms with van der Waals surface area (Å²) in [6.45, 7) is 4.83. The fraction of sp³-hybridized carbons (Fsp3) is 0.462. The fourth-order valence-electron chi connectivity index (χ4n) is 4.34. The maximum absolute atomic E-state index is 13.4. The minimum Gasteiger partial charge on any atom is -0.348 e. The molecule has 1 atom stereocenters. The average molecular weight is 486 g/mol. The second-order valence-corrected chi connectivity index (χ2v) is 10.8. The Kier molecular flexibility index (Phi) is 9.24. The predicted octanol–water partition coefficient (Wildman–Crippen LogP) is 3.10. The van der Waals surface area contributed by atoms with Crippen LogP contribution < -0.4 is 10.6 Å². The van der Waals surface area contributed by atoms with E-state index in [1.165, 1.54) is 5.56 Å². The van der Waals surface area contributed by atoms with Crippen molar-refractivity contribution < 1.29 is 18.0 Å². The lowest BCUT2D eigenvalue weighted by atomic mass is 10.0. The highest BCUT2D eigenvalue weighted by atomic mass is 32.2. The first-order chi connectivity index (χ1) is 16.3. The van der Waals surface area contributed by atoms with E-state index in [0.29, 0.717) is 24.4 Å². The van der Waals surface area contributed by atoms with E-state index >= 15 is 0 Å². The molecule has 34 heavy (non-hydrogen) atoms. The molecule has 1 aliphatic heterocycles. The Morgan fingerprint density at radius 1 is 0.971 bits per heavy atom. The summed E-state index contributed by atoms with van der Waals surface area (Å²) in [4.78, 5) is 24.6. The maximum Gasteiger partial charge on any atom is 0.309 e. The molecule has 184 valence electrons. The number of hydrogen-bond acceptors (Lipinski definition) is 4. The Hall–Kier alpha value is -2.71. The highest BCUT2D eigenvalue weighted by molar-refractivity contribution is 7.89. The van der Waals surface area contributed by atoms with E-state index in [9.17, 15) is 18.0 Å². The topological polar surface area (TPSA) is 95.6 Å². The van der Waals surface area contributed by atoms with Crippen molar-refractivity contribution in [2.24, 2.45) is 0 Å². The third-order valence-corrected chi connectivity index (χ3v) is 8.34. The van der Waals surface area contributed by atoms with Gasteiger partial charge in [0.1, 0.15) is 0 Å². The molecule has 0 aliphatic carbocycles. The minimum absolute atomic E-state index is 0.201. The van der Waals surface area contributed by atoms with Crippen molar-refractivity contribution in [1.29, 1.82) is 0 Å². The van der Waals surface area contributed by atoms with E-state index in [-0.39, 0.29) is 12.6 Å². The molecule has 0 spiro atoms. The zero-order valence-electron chi connectivity index (χ0n) is 20.0. The highest BCUT2D eigenvalue weighted by Gasteiger charge is 2.34. The normalized spacial score (nSPS) is 16.7. The summed E-state index contributed by atoms with van der Waals surface area (Å²) in [5.74, 6) is -1.34. The van der Waals surface area contributed by atoms with Gasteiger partial charge in [-0.3, -0.25) is 9.59 Å². The van der Waals surface area contributed by atoms with Gasteiger partial charge in [-0.2, -0.15) is 4.31 Å². The number of benzene rings is 2. The standard InChI is InChI=1S/C26H35N3O4S/c1-20-13-14-21(2)24(19-20)34(32,33)29-18-7-6-12-23(29)15-17-28-26(31)25(30)27-16-8-11-22-9-4-3-5-10-22/h3-5,9-10,13-14,19,23H,6-8,11-12,15-18H2,1-2H3,(H,27,30)(H,28,31)/t23-/m1/s1. The van der Waals surface area contributed by atoms with Crippen molar-refractivity contribution in [3.05, 3.63) is 65.2 Å². The summed E-state index contributed by atoms with van der Waals surface area (Å²) < 4.78 is 28.4. The number of sulfonamides is 1. The van der Waals surface area contributed by atoms with Gasteiger partial charge in [0, 0.05) is 25.7 Å². The number of rotatable bonds is 9. The van der Waals surface area contributed by atoms with Crippen LogP contribution in [0.5, 0.6) is 0 Å². The Morgan fingerprint density at radius 2 is 1.68 bits per heavy atom. The predicted molar refractivity (Wildman–Crippen MR) is 133 cm³/mol. The number of hydrogen-bond donors (Lipinski definition) is 2. The zero-order valence-corrected chi connectivity index (χ0v) is 20.9. The van der Waals surface area contributed by atoms with Crippen LogP contribution in [-0.4, -0.2) is 50.2 Å². The second kappa shape index (κ2) is 12.1. The molecule has 0 aromatic heterocycles. The van der Waals surface area contributed by atoms with Gasteiger partial charge >= 0.3 is 11.8 Å². The van der Waals surface area contributed by atoms with Gasteiger partial charge in [-0.1, -0.05) is 48.9 Å². The van der Waals surface area contributed by atoms with Crippen molar-refractivity contribution in [2.45, 2.75) is 63.3 Å². The lowest BCUT2D eigenvalue weighted by molar-refractivity contribution is -0.139. The maximum atomic E-state index is 13.4. The zero-order chi connectivity index (χ0) is 24.6. The lowest BCUT2D eigenvalue weighted by Crippen LogP contribution is -2.46. The minimum atomic E-state index is -3.63. The Bertz CT molecular complexity index is 1090. The van der Waals surface area contributed by atoms with E-state index in [4.69, 9.17) is 0 Å². The number of nitrogens with zero attached hydrogens (tertiary/aromatic N) is 1. The summed E-state index contributed by atoms with van der Waals surface area (Å²) in [6.07, 6.45) is 4.55. The van der Waals surface area contributed by atoms with E-state index < -0.39 is 21.8 Å². The van der Waals surface area contributed by atoms with Crippen molar-refractivity contribution in [3.63, 3.8) is 0 Å². The number of amides is 2. The van der Waals surface area contributed by atoms with Gasteiger partial charge in [0.25, 0.3) is 0 Å². The molecule has 1 heterocycles. The van der Waals surface area contributed by atoms with Crippen LogP contribution in [0.25, 0.3) is 0 Å². The van der Waals surface area contributed by atoms with Crippen LogP contribution in [0, 0.1) is 13.8 Å².